The summed E-state index contributed by atoms with van der Waals surface area (Å²) in [7, 11) is 3.51. The third-order valence-electron chi connectivity index (χ3n) is 3.51. The molecule has 0 aromatic heterocycles. The fraction of sp³-hybridized carbons (Fsp3) is 0.294. The van der Waals surface area contributed by atoms with Crippen LogP contribution in [0.5, 0.6) is 5.75 Å². The second kappa shape index (κ2) is 6.58. The van der Waals surface area contributed by atoms with Crippen LogP contribution in [0.25, 0.3) is 0 Å². The predicted molar refractivity (Wildman–Crippen MR) is 87.5 cm³/mol. The van der Waals surface area contributed by atoms with Crippen molar-refractivity contribution >= 4 is 15.9 Å². The van der Waals surface area contributed by atoms with Crippen LogP contribution in [0.15, 0.2) is 34.8 Å². The van der Waals surface area contributed by atoms with E-state index in [1.54, 1.807) is 13.2 Å². The van der Waals surface area contributed by atoms with Gasteiger partial charge >= 0.3 is 0 Å². The Morgan fingerprint density at radius 1 is 1.14 bits per heavy atom. The highest BCUT2D eigenvalue weighted by molar-refractivity contribution is 9.10. The van der Waals surface area contributed by atoms with Gasteiger partial charge in [-0.1, -0.05) is 22.0 Å². The molecule has 1 N–H and O–H groups in total. The van der Waals surface area contributed by atoms with Gasteiger partial charge in [-0.15, -0.1) is 0 Å². The van der Waals surface area contributed by atoms with E-state index >= 15 is 0 Å². The number of ether oxygens (including phenoxy) is 1. The lowest BCUT2D eigenvalue weighted by Gasteiger charge is -2.21. The average molecular weight is 352 g/mol. The summed E-state index contributed by atoms with van der Waals surface area (Å²) >= 11 is 3.55. The van der Waals surface area contributed by atoms with Crippen molar-refractivity contribution < 1.29 is 9.13 Å². The molecule has 2 aromatic rings. The maximum atomic E-state index is 13.7. The molecule has 0 aliphatic heterocycles. The van der Waals surface area contributed by atoms with E-state index in [4.69, 9.17) is 4.74 Å². The molecule has 0 aliphatic carbocycles. The van der Waals surface area contributed by atoms with E-state index in [-0.39, 0.29) is 11.9 Å². The fourth-order valence-corrected chi connectivity index (χ4v) is 2.87. The lowest BCUT2D eigenvalue weighted by Crippen LogP contribution is -2.19. The number of hydrogen-bond donors (Lipinski definition) is 1. The van der Waals surface area contributed by atoms with Gasteiger partial charge in [0.2, 0.25) is 0 Å². The van der Waals surface area contributed by atoms with Crippen LogP contribution < -0.4 is 10.1 Å². The molecular weight excluding hydrogens is 333 g/mol. The van der Waals surface area contributed by atoms with Crippen LogP contribution >= 0.6 is 15.9 Å². The van der Waals surface area contributed by atoms with E-state index in [9.17, 15) is 4.39 Å². The van der Waals surface area contributed by atoms with Crippen LogP contribution in [0.1, 0.15) is 28.3 Å². The Kier molecular flexibility index (Phi) is 5.01. The van der Waals surface area contributed by atoms with Gasteiger partial charge in [-0.05, 0) is 61.9 Å². The van der Waals surface area contributed by atoms with E-state index in [1.807, 2.05) is 39.1 Å². The van der Waals surface area contributed by atoms with E-state index in [0.29, 0.717) is 0 Å². The van der Waals surface area contributed by atoms with Crippen molar-refractivity contribution in [2.75, 3.05) is 14.2 Å². The molecule has 0 heterocycles. The predicted octanol–water partition coefficient (Wildman–Crippen LogP) is 4.52. The Bertz CT molecular complexity index is 637. The van der Waals surface area contributed by atoms with Gasteiger partial charge in [0, 0.05) is 10.0 Å². The summed E-state index contributed by atoms with van der Waals surface area (Å²) in [5, 5.41) is 3.24. The number of benzene rings is 2. The van der Waals surface area contributed by atoms with E-state index in [1.165, 1.54) is 6.07 Å². The highest BCUT2D eigenvalue weighted by Gasteiger charge is 2.19. The van der Waals surface area contributed by atoms with Gasteiger partial charge in [0.15, 0.2) is 0 Å². The first-order chi connectivity index (χ1) is 9.96. The van der Waals surface area contributed by atoms with Gasteiger partial charge in [-0.3, -0.25) is 0 Å². The molecule has 0 saturated carbocycles. The molecule has 2 nitrogen and oxygen atoms in total. The molecule has 21 heavy (non-hydrogen) atoms. The van der Waals surface area contributed by atoms with Crippen molar-refractivity contribution in [2.24, 2.45) is 0 Å². The maximum Gasteiger partial charge on any atom is 0.124 e. The summed E-state index contributed by atoms with van der Waals surface area (Å²) < 4.78 is 20.2. The summed E-state index contributed by atoms with van der Waals surface area (Å²) in [6.45, 7) is 3.90. The van der Waals surface area contributed by atoms with Crippen molar-refractivity contribution in [3.05, 3.63) is 62.9 Å². The van der Waals surface area contributed by atoms with Crippen LogP contribution in [0.4, 0.5) is 4.39 Å². The van der Waals surface area contributed by atoms with Crippen LogP contribution in [0, 0.1) is 19.7 Å². The van der Waals surface area contributed by atoms with Crippen molar-refractivity contribution in [1.29, 1.82) is 0 Å². The molecule has 0 aliphatic rings. The fourth-order valence-electron chi connectivity index (χ4n) is 2.51. The molecule has 0 fully saturated rings. The van der Waals surface area contributed by atoms with Crippen LogP contribution in [0.3, 0.4) is 0 Å². The van der Waals surface area contributed by atoms with E-state index < -0.39 is 0 Å². The van der Waals surface area contributed by atoms with Crippen LogP contribution in [0.2, 0.25) is 0 Å². The van der Waals surface area contributed by atoms with Gasteiger partial charge in [0.05, 0.1) is 13.2 Å². The van der Waals surface area contributed by atoms with Crippen molar-refractivity contribution in [2.45, 2.75) is 19.9 Å². The lowest BCUT2D eigenvalue weighted by molar-refractivity contribution is 0.405. The smallest absolute Gasteiger partial charge is 0.124 e. The normalized spacial score (nSPS) is 12.3. The Morgan fingerprint density at radius 2 is 1.86 bits per heavy atom. The number of aryl methyl sites for hydroxylation is 2. The largest absolute Gasteiger partial charge is 0.496 e. The minimum atomic E-state index is -0.226. The molecule has 2 aromatic carbocycles. The molecule has 1 atom stereocenters. The van der Waals surface area contributed by atoms with Gasteiger partial charge in [0.25, 0.3) is 0 Å². The summed E-state index contributed by atoms with van der Waals surface area (Å²) in [6, 6.07) is 8.94. The zero-order valence-electron chi connectivity index (χ0n) is 12.6. The minimum Gasteiger partial charge on any atom is -0.496 e. The standard InChI is InChI=1S/C17H19BrFNO/c1-10-5-12(8-13(19)6-10)17(20-3)14-9-15(18)11(2)7-16(14)21-4/h5-9,17,20H,1-4H3. The molecule has 0 bridgehead atoms. The SMILES string of the molecule is CNC(c1cc(C)cc(F)c1)c1cc(Br)c(C)cc1OC. The monoisotopic (exact) mass is 351 g/mol. The zero-order chi connectivity index (χ0) is 15.6. The molecule has 0 saturated heterocycles. The number of nitrogens with one attached hydrogen (secondary N) is 1. The molecule has 0 amide bonds. The Balaban J connectivity index is 2.58. The Hall–Kier alpha value is -1.39. The number of halogens is 2. The second-order valence-corrected chi connectivity index (χ2v) is 5.98. The van der Waals surface area contributed by atoms with Gasteiger partial charge in [-0.2, -0.15) is 0 Å². The maximum absolute atomic E-state index is 13.7. The highest BCUT2D eigenvalue weighted by atomic mass is 79.9. The first kappa shape index (κ1) is 16.0. The van der Waals surface area contributed by atoms with Gasteiger partial charge in [-0.25, -0.2) is 4.39 Å². The molecule has 1 unspecified atom stereocenters. The topological polar surface area (TPSA) is 21.3 Å². The number of rotatable bonds is 4. The summed E-state index contributed by atoms with van der Waals surface area (Å²) in [5.41, 5.74) is 3.85. The summed E-state index contributed by atoms with van der Waals surface area (Å²) in [5.74, 6) is 0.562. The highest BCUT2D eigenvalue weighted by Crippen LogP contribution is 2.34. The van der Waals surface area contributed by atoms with E-state index in [0.717, 1.165) is 32.5 Å². The lowest BCUT2D eigenvalue weighted by atomic mass is 9.95. The molecule has 4 heteroatoms. The first-order valence-corrected chi connectivity index (χ1v) is 7.54. The average Bonchev–Trinajstić information content (AvgIpc) is 2.42. The zero-order valence-corrected chi connectivity index (χ0v) is 14.2. The summed E-state index contributed by atoms with van der Waals surface area (Å²) in [6.07, 6.45) is 0. The van der Waals surface area contributed by atoms with Crippen LogP contribution in [-0.2, 0) is 0 Å². The van der Waals surface area contributed by atoms with E-state index in [2.05, 4.69) is 21.2 Å². The molecule has 0 radical (unpaired) electrons. The molecule has 0 spiro atoms. The molecular formula is C17H19BrFNO. The molecule has 112 valence electrons. The number of methoxy groups -OCH3 is 1. The summed E-state index contributed by atoms with van der Waals surface area (Å²) in [4.78, 5) is 0. The Labute approximate surface area is 133 Å². The van der Waals surface area contributed by atoms with Crippen LogP contribution in [-0.4, -0.2) is 14.2 Å². The minimum absolute atomic E-state index is 0.133. The third kappa shape index (κ3) is 3.44. The van der Waals surface area contributed by atoms with Crippen molar-refractivity contribution in [3.63, 3.8) is 0 Å². The quantitative estimate of drug-likeness (QED) is 0.873. The molecule has 2 rings (SSSR count). The third-order valence-corrected chi connectivity index (χ3v) is 4.36. The van der Waals surface area contributed by atoms with Crippen molar-refractivity contribution in [1.82, 2.24) is 5.32 Å². The Morgan fingerprint density at radius 3 is 2.43 bits per heavy atom. The van der Waals surface area contributed by atoms with Gasteiger partial charge in [0.1, 0.15) is 11.6 Å². The van der Waals surface area contributed by atoms with Crippen molar-refractivity contribution in [3.8, 4) is 5.75 Å². The second-order valence-electron chi connectivity index (χ2n) is 5.13. The first-order valence-electron chi connectivity index (χ1n) is 6.74. The number of hydrogen-bond acceptors (Lipinski definition) is 2. The van der Waals surface area contributed by atoms with Gasteiger partial charge < -0.3 is 10.1 Å².